The summed E-state index contributed by atoms with van der Waals surface area (Å²) in [5.74, 6) is 0.670. The van der Waals surface area contributed by atoms with Crippen LogP contribution in [-0.4, -0.2) is 19.9 Å². The molecule has 0 aliphatic carbocycles. The molecule has 4 heteroatoms. The van der Waals surface area contributed by atoms with Crippen LogP contribution in [0.3, 0.4) is 0 Å². The molecule has 0 aliphatic heterocycles. The first-order chi connectivity index (χ1) is 28.8. The molecule has 8 aromatic carbocycles. The second kappa shape index (κ2) is 14.0. The van der Waals surface area contributed by atoms with Gasteiger partial charge in [-0.15, -0.1) is 0 Å². The minimum Gasteiger partial charge on any atom is -0.256 e. The third-order valence-electron chi connectivity index (χ3n) is 11.2. The van der Waals surface area contributed by atoms with Crippen LogP contribution in [0.15, 0.2) is 207 Å². The van der Waals surface area contributed by atoms with Gasteiger partial charge in [0.25, 0.3) is 0 Å². The van der Waals surface area contributed by atoms with E-state index >= 15 is 0 Å². The number of pyridine rings is 2. The minimum absolute atomic E-state index is 0.670. The second-order valence-corrected chi connectivity index (χ2v) is 14.6. The van der Waals surface area contributed by atoms with E-state index in [1.54, 1.807) is 0 Å². The number of rotatable bonds is 6. The molecule has 270 valence electrons. The SMILES string of the molecule is c1ccc(-c2c3ccccc3c(-c3cc(-c4ccc(-c5ccnc6ccccc56)cc4)nc(-c4ccc(-c5ccnc6ccccc56)cc4)n3)c3ccccc23)cc1. The Kier molecular flexibility index (Phi) is 8.11. The van der Waals surface area contributed by atoms with Crippen molar-refractivity contribution in [2.75, 3.05) is 0 Å². The predicted octanol–water partition coefficient (Wildman–Crippen LogP) is 13.9. The number of hydrogen-bond acceptors (Lipinski definition) is 4. The molecule has 0 N–H and O–H groups in total. The van der Waals surface area contributed by atoms with E-state index in [1.165, 1.54) is 21.9 Å². The molecule has 11 rings (SSSR count). The Hall–Kier alpha value is -7.82. The fourth-order valence-electron chi connectivity index (χ4n) is 8.49. The minimum atomic E-state index is 0.670. The Bertz CT molecular complexity index is 3110. The van der Waals surface area contributed by atoms with Crippen LogP contribution in [0.2, 0.25) is 0 Å². The highest BCUT2D eigenvalue weighted by atomic mass is 14.9. The number of para-hydroxylation sites is 2. The van der Waals surface area contributed by atoms with Gasteiger partial charge in [-0.2, -0.15) is 0 Å². The molecule has 0 saturated heterocycles. The van der Waals surface area contributed by atoms with Gasteiger partial charge in [-0.25, -0.2) is 9.97 Å². The van der Waals surface area contributed by atoms with E-state index in [0.717, 1.165) is 82.9 Å². The smallest absolute Gasteiger partial charge is 0.160 e. The Balaban J connectivity index is 1.11. The lowest BCUT2D eigenvalue weighted by atomic mass is 9.87. The van der Waals surface area contributed by atoms with Crippen molar-refractivity contribution in [2.45, 2.75) is 0 Å². The molecule has 0 amide bonds. The number of fused-ring (bicyclic) bond motifs is 4. The summed E-state index contributed by atoms with van der Waals surface area (Å²) in [5.41, 5.74) is 13.7. The molecule has 11 aromatic rings. The Morgan fingerprint density at radius 1 is 0.276 bits per heavy atom. The van der Waals surface area contributed by atoms with Gasteiger partial charge in [0.15, 0.2) is 5.82 Å². The van der Waals surface area contributed by atoms with Crippen molar-refractivity contribution in [3.05, 3.63) is 207 Å². The maximum atomic E-state index is 5.43. The number of hydrogen-bond donors (Lipinski definition) is 0. The summed E-state index contributed by atoms with van der Waals surface area (Å²) in [6, 6.07) is 68.4. The lowest BCUT2D eigenvalue weighted by Gasteiger charge is -2.18. The van der Waals surface area contributed by atoms with Crippen molar-refractivity contribution in [1.82, 2.24) is 19.9 Å². The normalized spacial score (nSPS) is 11.4. The monoisotopic (exact) mass is 738 g/mol. The van der Waals surface area contributed by atoms with Crippen molar-refractivity contribution in [1.29, 1.82) is 0 Å². The number of aromatic nitrogens is 4. The van der Waals surface area contributed by atoms with Gasteiger partial charge in [0.2, 0.25) is 0 Å². The average Bonchev–Trinajstić information content (AvgIpc) is 3.30. The lowest BCUT2D eigenvalue weighted by molar-refractivity contribution is 1.19. The average molecular weight is 739 g/mol. The highest BCUT2D eigenvalue weighted by molar-refractivity contribution is 6.21. The first-order valence-corrected chi connectivity index (χ1v) is 19.5. The maximum absolute atomic E-state index is 5.43. The zero-order chi connectivity index (χ0) is 38.4. The molecule has 3 aromatic heterocycles. The summed E-state index contributed by atoms with van der Waals surface area (Å²) in [4.78, 5) is 19.9. The van der Waals surface area contributed by atoms with Crippen LogP contribution in [0, 0.1) is 0 Å². The third kappa shape index (κ3) is 5.78. The summed E-state index contributed by atoms with van der Waals surface area (Å²) >= 11 is 0. The summed E-state index contributed by atoms with van der Waals surface area (Å²) in [6.45, 7) is 0. The van der Waals surface area contributed by atoms with Gasteiger partial charge in [0, 0.05) is 39.9 Å². The number of nitrogens with zero attached hydrogens (tertiary/aromatic N) is 4. The molecular weight excluding hydrogens is 705 g/mol. The predicted molar refractivity (Wildman–Crippen MR) is 240 cm³/mol. The van der Waals surface area contributed by atoms with Crippen LogP contribution >= 0.6 is 0 Å². The molecule has 4 nitrogen and oxygen atoms in total. The van der Waals surface area contributed by atoms with E-state index < -0.39 is 0 Å². The second-order valence-electron chi connectivity index (χ2n) is 14.6. The largest absolute Gasteiger partial charge is 0.256 e. The first-order valence-electron chi connectivity index (χ1n) is 19.5. The molecule has 0 atom stereocenters. The van der Waals surface area contributed by atoms with Crippen molar-refractivity contribution in [3.8, 4) is 67.3 Å². The molecule has 0 aliphatic rings. The van der Waals surface area contributed by atoms with Gasteiger partial charge in [0.05, 0.1) is 22.4 Å². The standard InChI is InChI=1S/C54H34N4/c1-2-12-38(13-3-1)52-44-16-4-6-18-46(44)53(47-19-7-5-17-45(47)52)51-34-50(37-26-22-35(23-27-37)40-30-32-55-48-20-10-8-14-42(40)48)57-54(58-51)39-28-24-36(25-29-39)41-31-33-56-49-21-11-9-15-43(41)49/h1-34H. The van der Waals surface area contributed by atoms with Crippen LogP contribution in [0.25, 0.3) is 111 Å². The van der Waals surface area contributed by atoms with E-state index in [-0.39, 0.29) is 0 Å². The van der Waals surface area contributed by atoms with Crippen LogP contribution < -0.4 is 0 Å². The number of benzene rings is 8. The van der Waals surface area contributed by atoms with Gasteiger partial charge in [-0.05, 0) is 85.3 Å². The summed E-state index contributed by atoms with van der Waals surface area (Å²) in [6.07, 6.45) is 3.76. The van der Waals surface area contributed by atoms with Crippen LogP contribution in [-0.2, 0) is 0 Å². The molecule has 58 heavy (non-hydrogen) atoms. The molecular formula is C54H34N4. The molecule has 0 fully saturated rings. The zero-order valence-corrected chi connectivity index (χ0v) is 31.4. The van der Waals surface area contributed by atoms with Gasteiger partial charge in [0.1, 0.15) is 0 Å². The van der Waals surface area contributed by atoms with Crippen LogP contribution in [0.5, 0.6) is 0 Å². The van der Waals surface area contributed by atoms with E-state index in [1.807, 2.05) is 24.5 Å². The van der Waals surface area contributed by atoms with Crippen molar-refractivity contribution in [2.24, 2.45) is 0 Å². The van der Waals surface area contributed by atoms with Gasteiger partial charge in [-0.1, -0.05) is 164 Å². The van der Waals surface area contributed by atoms with Gasteiger partial charge < -0.3 is 0 Å². The quantitative estimate of drug-likeness (QED) is 0.159. The Morgan fingerprint density at radius 2 is 0.690 bits per heavy atom. The van der Waals surface area contributed by atoms with E-state index in [2.05, 4.69) is 192 Å². The van der Waals surface area contributed by atoms with Crippen molar-refractivity contribution >= 4 is 43.4 Å². The molecule has 0 bridgehead atoms. The molecule has 0 saturated carbocycles. The van der Waals surface area contributed by atoms with Crippen LogP contribution in [0.4, 0.5) is 0 Å². The van der Waals surface area contributed by atoms with E-state index in [9.17, 15) is 0 Å². The molecule has 0 unspecified atom stereocenters. The Labute approximate surface area is 335 Å². The fraction of sp³-hybridized carbons (Fsp3) is 0. The zero-order valence-electron chi connectivity index (χ0n) is 31.4. The third-order valence-corrected chi connectivity index (χ3v) is 11.2. The van der Waals surface area contributed by atoms with E-state index in [0.29, 0.717) is 5.82 Å². The topological polar surface area (TPSA) is 51.6 Å². The van der Waals surface area contributed by atoms with Gasteiger partial charge >= 0.3 is 0 Å². The van der Waals surface area contributed by atoms with Crippen molar-refractivity contribution in [3.63, 3.8) is 0 Å². The van der Waals surface area contributed by atoms with Gasteiger partial charge in [-0.3, -0.25) is 9.97 Å². The van der Waals surface area contributed by atoms with E-state index in [4.69, 9.17) is 9.97 Å². The lowest BCUT2D eigenvalue weighted by Crippen LogP contribution is -1.98. The highest BCUT2D eigenvalue weighted by Crippen LogP contribution is 2.44. The molecule has 0 radical (unpaired) electrons. The van der Waals surface area contributed by atoms with Crippen molar-refractivity contribution < 1.29 is 0 Å². The fourth-order valence-corrected chi connectivity index (χ4v) is 8.49. The summed E-state index contributed by atoms with van der Waals surface area (Å²) in [5, 5.41) is 6.93. The molecule has 0 spiro atoms. The molecule has 3 heterocycles. The maximum Gasteiger partial charge on any atom is 0.160 e. The van der Waals surface area contributed by atoms with Crippen LogP contribution in [0.1, 0.15) is 0 Å². The summed E-state index contributed by atoms with van der Waals surface area (Å²) < 4.78 is 0. The summed E-state index contributed by atoms with van der Waals surface area (Å²) in [7, 11) is 0. The Morgan fingerprint density at radius 3 is 1.22 bits per heavy atom. The first kappa shape index (κ1) is 33.5. The highest BCUT2D eigenvalue weighted by Gasteiger charge is 2.20.